The van der Waals surface area contributed by atoms with E-state index in [-0.39, 0.29) is 0 Å². The average Bonchev–Trinajstić information content (AvgIpc) is 3.05. The fourth-order valence-electron chi connectivity index (χ4n) is 2.30. The Morgan fingerprint density at radius 1 is 0.889 bits per heavy atom. The molecule has 86 valence electrons. The zero-order valence-electron chi connectivity index (χ0n) is 9.51. The predicted octanol–water partition coefficient (Wildman–Crippen LogP) is 3.11. The Morgan fingerprint density at radius 3 is 2.83 bits per heavy atom. The van der Waals surface area contributed by atoms with Gasteiger partial charge in [-0.25, -0.2) is 9.97 Å². The van der Waals surface area contributed by atoms with Crippen molar-refractivity contribution < 1.29 is 0 Å². The summed E-state index contributed by atoms with van der Waals surface area (Å²) in [6.45, 7) is 0. The highest BCUT2D eigenvalue weighted by molar-refractivity contribution is 5.93. The first-order valence-corrected chi connectivity index (χ1v) is 5.77. The van der Waals surface area contributed by atoms with Gasteiger partial charge in [0.05, 0.1) is 5.69 Å². The minimum absolute atomic E-state index is 0.870. The zero-order valence-corrected chi connectivity index (χ0v) is 9.51. The molecule has 1 aromatic carbocycles. The van der Waals surface area contributed by atoms with E-state index in [9.17, 15) is 0 Å². The third kappa shape index (κ3) is 1.26. The number of hydrogen-bond donors (Lipinski definition) is 2. The second-order valence-corrected chi connectivity index (χ2v) is 4.24. The van der Waals surface area contributed by atoms with Crippen LogP contribution in [0.15, 0.2) is 49.1 Å². The van der Waals surface area contributed by atoms with E-state index in [2.05, 4.69) is 44.2 Å². The largest absolute Gasteiger partial charge is 0.361 e. The SMILES string of the molecule is c1nc(-c2ccc3[nH]ccc3c2)c2cc[nH]c2n1. The second-order valence-electron chi connectivity index (χ2n) is 4.24. The van der Waals surface area contributed by atoms with Crippen molar-refractivity contribution >= 4 is 21.9 Å². The second kappa shape index (κ2) is 3.43. The van der Waals surface area contributed by atoms with E-state index in [4.69, 9.17) is 0 Å². The number of nitrogens with one attached hydrogen (secondary N) is 2. The van der Waals surface area contributed by atoms with E-state index < -0.39 is 0 Å². The molecule has 0 atom stereocenters. The van der Waals surface area contributed by atoms with Gasteiger partial charge in [-0.15, -0.1) is 0 Å². The van der Waals surface area contributed by atoms with E-state index in [1.54, 1.807) is 6.33 Å². The molecule has 4 heteroatoms. The summed E-state index contributed by atoms with van der Waals surface area (Å²) < 4.78 is 0. The fourth-order valence-corrected chi connectivity index (χ4v) is 2.30. The summed E-state index contributed by atoms with van der Waals surface area (Å²) in [5.41, 5.74) is 4.07. The van der Waals surface area contributed by atoms with Crippen LogP contribution in [0, 0.1) is 0 Å². The first kappa shape index (κ1) is 9.41. The van der Waals surface area contributed by atoms with Crippen molar-refractivity contribution in [2.75, 3.05) is 0 Å². The molecule has 4 nitrogen and oxygen atoms in total. The quantitative estimate of drug-likeness (QED) is 0.531. The topological polar surface area (TPSA) is 57.4 Å². The van der Waals surface area contributed by atoms with Crippen LogP contribution in [0.2, 0.25) is 0 Å². The van der Waals surface area contributed by atoms with Crippen LogP contribution in [0.5, 0.6) is 0 Å². The van der Waals surface area contributed by atoms with Crippen LogP contribution in [0.25, 0.3) is 33.2 Å². The molecule has 0 amide bonds. The number of benzene rings is 1. The van der Waals surface area contributed by atoms with E-state index in [0.29, 0.717) is 0 Å². The smallest absolute Gasteiger partial charge is 0.141 e. The van der Waals surface area contributed by atoms with Crippen LogP contribution in [0.1, 0.15) is 0 Å². The number of rotatable bonds is 1. The number of aromatic nitrogens is 4. The van der Waals surface area contributed by atoms with Crippen molar-refractivity contribution in [1.82, 2.24) is 19.9 Å². The molecular weight excluding hydrogens is 224 g/mol. The summed E-state index contributed by atoms with van der Waals surface area (Å²) in [5, 5.41) is 2.24. The van der Waals surface area contributed by atoms with Gasteiger partial charge in [-0.1, -0.05) is 6.07 Å². The van der Waals surface area contributed by atoms with Crippen LogP contribution in [-0.2, 0) is 0 Å². The maximum Gasteiger partial charge on any atom is 0.141 e. The summed E-state index contributed by atoms with van der Waals surface area (Å²) in [7, 11) is 0. The molecule has 0 unspecified atom stereocenters. The Balaban J connectivity index is 2.03. The van der Waals surface area contributed by atoms with Crippen LogP contribution >= 0.6 is 0 Å². The molecule has 2 N–H and O–H groups in total. The molecule has 0 fully saturated rings. The molecule has 0 saturated heterocycles. The number of H-pyrrole nitrogens is 2. The maximum atomic E-state index is 4.40. The van der Waals surface area contributed by atoms with E-state index in [1.165, 1.54) is 5.39 Å². The Hall–Kier alpha value is -2.62. The lowest BCUT2D eigenvalue weighted by atomic mass is 10.1. The molecule has 0 bridgehead atoms. The monoisotopic (exact) mass is 234 g/mol. The summed E-state index contributed by atoms with van der Waals surface area (Å²) in [4.78, 5) is 14.9. The van der Waals surface area contributed by atoms with Crippen molar-refractivity contribution in [1.29, 1.82) is 0 Å². The molecule has 0 spiro atoms. The molecule has 0 aliphatic heterocycles. The Labute approximate surface area is 103 Å². The molecule has 0 aliphatic carbocycles. The molecule has 0 aliphatic rings. The van der Waals surface area contributed by atoms with Gasteiger partial charge in [-0.05, 0) is 24.3 Å². The molecule has 0 radical (unpaired) electrons. The van der Waals surface area contributed by atoms with Gasteiger partial charge >= 0.3 is 0 Å². The highest BCUT2D eigenvalue weighted by Crippen LogP contribution is 2.27. The van der Waals surface area contributed by atoms with Crippen molar-refractivity contribution in [2.45, 2.75) is 0 Å². The number of nitrogens with zero attached hydrogens (tertiary/aromatic N) is 2. The first-order chi connectivity index (χ1) is 8.92. The van der Waals surface area contributed by atoms with Crippen LogP contribution in [0.3, 0.4) is 0 Å². The van der Waals surface area contributed by atoms with Gasteiger partial charge in [-0.2, -0.15) is 0 Å². The first-order valence-electron chi connectivity index (χ1n) is 5.77. The Bertz CT molecular complexity index is 841. The van der Waals surface area contributed by atoms with E-state index in [1.807, 2.05) is 18.5 Å². The molecule has 4 aromatic rings. The highest BCUT2D eigenvalue weighted by Gasteiger charge is 2.07. The van der Waals surface area contributed by atoms with Gasteiger partial charge in [0.25, 0.3) is 0 Å². The normalized spacial score (nSPS) is 11.3. The van der Waals surface area contributed by atoms with Crippen LogP contribution in [0.4, 0.5) is 0 Å². The predicted molar refractivity (Wildman–Crippen MR) is 71.2 cm³/mol. The van der Waals surface area contributed by atoms with Gasteiger partial charge in [-0.3, -0.25) is 0 Å². The number of fused-ring (bicyclic) bond motifs is 2. The number of aromatic amines is 2. The van der Waals surface area contributed by atoms with Gasteiger partial charge in [0, 0.05) is 34.2 Å². The van der Waals surface area contributed by atoms with Crippen LogP contribution in [-0.4, -0.2) is 19.9 Å². The summed E-state index contributed by atoms with van der Waals surface area (Å²) >= 11 is 0. The van der Waals surface area contributed by atoms with Gasteiger partial charge in [0.2, 0.25) is 0 Å². The molecule has 3 heterocycles. The molecule has 4 rings (SSSR count). The molecule has 0 saturated carbocycles. The Kier molecular flexibility index (Phi) is 1.80. The van der Waals surface area contributed by atoms with Gasteiger partial charge in [0.1, 0.15) is 12.0 Å². The Morgan fingerprint density at radius 2 is 1.83 bits per heavy atom. The fraction of sp³-hybridized carbons (Fsp3) is 0. The lowest BCUT2D eigenvalue weighted by molar-refractivity contribution is 1.20. The summed E-state index contributed by atoms with van der Waals surface area (Å²) in [5.74, 6) is 0. The lowest BCUT2D eigenvalue weighted by Gasteiger charge is -2.02. The van der Waals surface area contributed by atoms with E-state index >= 15 is 0 Å². The minimum Gasteiger partial charge on any atom is -0.361 e. The van der Waals surface area contributed by atoms with E-state index in [0.717, 1.165) is 27.8 Å². The molecular formula is C14H10N4. The summed E-state index contributed by atoms with van der Waals surface area (Å²) in [6, 6.07) is 10.4. The highest BCUT2D eigenvalue weighted by atomic mass is 14.9. The van der Waals surface area contributed by atoms with Crippen molar-refractivity contribution in [2.24, 2.45) is 0 Å². The molecule has 18 heavy (non-hydrogen) atoms. The minimum atomic E-state index is 0.870. The lowest BCUT2D eigenvalue weighted by Crippen LogP contribution is -1.87. The van der Waals surface area contributed by atoms with Gasteiger partial charge in [0.15, 0.2) is 0 Å². The zero-order chi connectivity index (χ0) is 11.9. The number of hydrogen-bond acceptors (Lipinski definition) is 2. The average molecular weight is 234 g/mol. The molecule has 3 aromatic heterocycles. The third-order valence-corrected chi connectivity index (χ3v) is 3.18. The standard InChI is InChI=1S/C14H10N4/c1-2-12-9(3-5-15-12)7-10(1)13-11-4-6-16-14(11)18-8-17-13/h1-8,15H,(H,16,17,18). The van der Waals surface area contributed by atoms with Crippen molar-refractivity contribution in [3.05, 3.63) is 49.1 Å². The summed E-state index contributed by atoms with van der Waals surface area (Å²) in [6.07, 6.45) is 5.42. The maximum absolute atomic E-state index is 4.40. The van der Waals surface area contributed by atoms with Crippen LogP contribution < -0.4 is 0 Å². The van der Waals surface area contributed by atoms with Crippen molar-refractivity contribution in [3.63, 3.8) is 0 Å². The van der Waals surface area contributed by atoms with Gasteiger partial charge < -0.3 is 9.97 Å². The third-order valence-electron chi connectivity index (χ3n) is 3.18. The van der Waals surface area contributed by atoms with Crippen molar-refractivity contribution in [3.8, 4) is 11.3 Å².